The van der Waals surface area contributed by atoms with Crippen molar-refractivity contribution in [1.29, 1.82) is 0 Å². The summed E-state index contributed by atoms with van der Waals surface area (Å²) in [5.41, 5.74) is 3.94. The van der Waals surface area contributed by atoms with E-state index in [4.69, 9.17) is 4.74 Å². The van der Waals surface area contributed by atoms with Crippen LogP contribution in [0.4, 0.5) is 4.79 Å². The molecule has 1 atom stereocenters. The third-order valence-electron chi connectivity index (χ3n) is 9.57. The Morgan fingerprint density at radius 3 is 2.49 bits per heavy atom. The SMILES string of the molecule is Cn1c(=O)n(C2CCC(=O)NC2=O)c2cccc(CC3CC4(CCC(CNC(=O)OCc5ccccc5)CC4)C3)c21. The lowest BCUT2D eigenvalue weighted by Gasteiger charge is -2.52. The first-order valence-corrected chi connectivity index (χ1v) is 14.8. The number of nitrogens with one attached hydrogen (secondary N) is 2. The predicted octanol–water partition coefficient (Wildman–Crippen LogP) is 4.37. The molecule has 0 bridgehead atoms. The highest BCUT2D eigenvalue weighted by atomic mass is 16.5. The van der Waals surface area contributed by atoms with Gasteiger partial charge in [-0.1, -0.05) is 42.5 Å². The van der Waals surface area contributed by atoms with E-state index in [-0.39, 0.29) is 30.7 Å². The second-order valence-corrected chi connectivity index (χ2v) is 12.3. The van der Waals surface area contributed by atoms with Crippen LogP contribution in [0.3, 0.4) is 0 Å². The molecule has 2 aliphatic carbocycles. The first kappa shape index (κ1) is 27.3. The monoisotopic (exact) mass is 558 g/mol. The molecule has 6 rings (SSSR count). The second kappa shape index (κ2) is 11.2. The standard InChI is InChI=1S/C32H38N4O5/c1-35-28-24(8-5-9-25(28)36(31(35)40)26-10-11-27(37)34-29(26)38)16-23-17-32(18-23)14-12-21(13-15-32)19-33-30(39)41-20-22-6-3-2-4-7-22/h2-9,21,23,26H,10-20H2,1H3,(H,33,39)(H,34,37,38). The summed E-state index contributed by atoms with van der Waals surface area (Å²) in [6.45, 7) is 0.943. The van der Waals surface area contributed by atoms with Crippen molar-refractivity contribution >= 4 is 28.9 Å². The van der Waals surface area contributed by atoms with Crippen molar-refractivity contribution in [2.75, 3.05) is 6.54 Å². The zero-order valence-electron chi connectivity index (χ0n) is 23.6. The van der Waals surface area contributed by atoms with Crippen LogP contribution in [0.1, 0.15) is 68.5 Å². The Hall–Kier alpha value is -3.88. The average Bonchev–Trinajstić information content (AvgIpc) is 3.21. The fourth-order valence-electron chi connectivity index (χ4n) is 7.44. The molecule has 3 amide bonds. The highest BCUT2D eigenvalue weighted by Crippen LogP contribution is 2.56. The maximum atomic E-state index is 13.2. The molecule has 9 heteroatoms. The summed E-state index contributed by atoms with van der Waals surface area (Å²) in [6, 6.07) is 15.0. The van der Waals surface area contributed by atoms with Gasteiger partial charge >= 0.3 is 11.8 Å². The van der Waals surface area contributed by atoms with Crippen LogP contribution in [-0.2, 0) is 34.4 Å². The molecule has 2 heterocycles. The van der Waals surface area contributed by atoms with Crippen LogP contribution in [0.2, 0.25) is 0 Å². The molecule has 216 valence electrons. The van der Waals surface area contributed by atoms with Gasteiger partial charge in [0.1, 0.15) is 12.6 Å². The number of hydrogen-bond acceptors (Lipinski definition) is 5. The highest BCUT2D eigenvalue weighted by molar-refractivity contribution is 6.00. The van der Waals surface area contributed by atoms with Gasteiger partial charge in [-0.3, -0.25) is 24.0 Å². The van der Waals surface area contributed by atoms with Crippen LogP contribution >= 0.6 is 0 Å². The fraction of sp³-hybridized carbons (Fsp3) is 0.500. The number of imidazole rings is 1. The molecule has 41 heavy (non-hydrogen) atoms. The summed E-state index contributed by atoms with van der Waals surface area (Å²) in [5, 5.41) is 5.33. The number of carbonyl (C=O) groups is 3. The lowest BCUT2D eigenvalue weighted by Crippen LogP contribution is -2.44. The van der Waals surface area contributed by atoms with E-state index in [1.54, 1.807) is 16.2 Å². The maximum absolute atomic E-state index is 13.2. The molecule has 2 N–H and O–H groups in total. The van der Waals surface area contributed by atoms with Gasteiger partial charge < -0.3 is 10.1 Å². The predicted molar refractivity (Wildman–Crippen MR) is 154 cm³/mol. The van der Waals surface area contributed by atoms with E-state index in [0.29, 0.717) is 30.2 Å². The number of aromatic nitrogens is 2. The summed E-state index contributed by atoms with van der Waals surface area (Å²) >= 11 is 0. The van der Waals surface area contributed by atoms with Crippen molar-refractivity contribution in [3.05, 3.63) is 70.1 Å². The molecule has 1 spiro atoms. The Bertz CT molecular complexity index is 1510. The molecule has 1 aliphatic heterocycles. The lowest BCUT2D eigenvalue weighted by molar-refractivity contribution is -0.135. The number of para-hydroxylation sites is 1. The Kier molecular flexibility index (Phi) is 7.45. The third kappa shape index (κ3) is 5.54. The van der Waals surface area contributed by atoms with Crippen LogP contribution in [0, 0.1) is 17.3 Å². The lowest BCUT2D eigenvalue weighted by atomic mass is 9.53. The summed E-state index contributed by atoms with van der Waals surface area (Å²) < 4.78 is 8.57. The first-order chi connectivity index (χ1) is 19.8. The minimum atomic E-state index is -0.665. The Morgan fingerprint density at radius 1 is 1.00 bits per heavy atom. The van der Waals surface area contributed by atoms with E-state index < -0.39 is 11.9 Å². The minimum absolute atomic E-state index is 0.220. The normalized spacial score (nSPS) is 26.0. The topological polar surface area (TPSA) is 111 Å². The smallest absolute Gasteiger partial charge is 0.407 e. The van der Waals surface area contributed by atoms with Gasteiger partial charge in [0.2, 0.25) is 11.8 Å². The molecule has 3 aliphatic rings. The van der Waals surface area contributed by atoms with E-state index in [0.717, 1.165) is 41.4 Å². The third-order valence-corrected chi connectivity index (χ3v) is 9.57. The number of fused-ring (bicyclic) bond motifs is 1. The van der Waals surface area contributed by atoms with E-state index in [2.05, 4.69) is 16.7 Å². The number of aryl methyl sites for hydroxylation is 1. The van der Waals surface area contributed by atoms with Crippen molar-refractivity contribution in [3.8, 4) is 0 Å². The molecule has 1 unspecified atom stereocenters. The van der Waals surface area contributed by atoms with Crippen LogP contribution in [0.25, 0.3) is 11.0 Å². The molecule has 0 radical (unpaired) electrons. The fourth-order valence-corrected chi connectivity index (χ4v) is 7.44. The van der Waals surface area contributed by atoms with Crippen molar-refractivity contribution in [2.45, 2.75) is 70.4 Å². The number of carbonyl (C=O) groups excluding carboxylic acids is 3. The highest BCUT2D eigenvalue weighted by Gasteiger charge is 2.46. The average molecular weight is 559 g/mol. The molecular formula is C32H38N4O5. The van der Waals surface area contributed by atoms with E-state index in [1.807, 2.05) is 42.5 Å². The summed E-state index contributed by atoms with van der Waals surface area (Å²) in [7, 11) is 1.77. The van der Waals surface area contributed by atoms with Crippen molar-refractivity contribution in [3.63, 3.8) is 0 Å². The molecule has 9 nitrogen and oxygen atoms in total. The summed E-state index contributed by atoms with van der Waals surface area (Å²) in [6.07, 6.45) is 8.09. The number of ether oxygens (including phenoxy) is 1. The zero-order chi connectivity index (χ0) is 28.6. The molecule has 2 saturated carbocycles. The quantitative estimate of drug-likeness (QED) is 0.418. The number of piperidine rings is 1. The number of benzene rings is 2. The Labute approximate surface area is 239 Å². The van der Waals surface area contributed by atoms with Gasteiger partial charge in [-0.15, -0.1) is 0 Å². The number of amides is 3. The van der Waals surface area contributed by atoms with E-state index >= 15 is 0 Å². The Balaban J connectivity index is 1.02. The molecule has 3 aromatic rings. The van der Waals surface area contributed by atoms with Gasteiger partial charge in [0.25, 0.3) is 0 Å². The molecule has 1 aromatic heterocycles. The van der Waals surface area contributed by atoms with Gasteiger partial charge in [-0.25, -0.2) is 9.59 Å². The molecule has 1 saturated heterocycles. The largest absolute Gasteiger partial charge is 0.445 e. The van der Waals surface area contributed by atoms with Gasteiger partial charge in [0, 0.05) is 20.0 Å². The van der Waals surface area contributed by atoms with Crippen molar-refractivity contribution < 1.29 is 19.1 Å². The van der Waals surface area contributed by atoms with Gasteiger partial charge in [0.05, 0.1) is 11.0 Å². The number of imide groups is 1. The van der Waals surface area contributed by atoms with E-state index in [9.17, 15) is 19.2 Å². The van der Waals surface area contributed by atoms with Crippen LogP contribution in [0.15, 0.2) is 53.3 Å². The maximum Gasteiger partial charge on any atom is 0.407 e. The van der Waals surface area contributed by atoms with Gasteiger partial charge in [-0.05, 0) is 85.8 Å². The molecular weight excluding hydrogens is 520 g/mol. The zero-order valence-corrected chi connectivity index (χ0v) is 23.6. The number of hydrogen-bond donors (Lipinski definition) is 2. The number of rotatable bonds is 7. The summed E-state index contributed by atoms with van der Waals surface area (Å²) in [4.78, 5) is 49.6. The number of nitrogens with zero attached hydrogens (tertiary/aromatic N) is 2. The Morgan fingerprint density at radius 2 is 1.76 bits per heavy atom. The molecule has 2 aromatic carbocycles. The summed E-state index contributed by atoms with van der Waals surface area (Å²) in [5.74, 6) is 0.361. The van der Waals surface area contributed by atoms with E-state index in [1.165, 1.54) is 25.7 Å². The second-order valence-electron chi connectivity index (χ2n) is 12.3. The van der Waals surface area contributed by atoms with Gasteiger partial charge in [-0.2, -0.15) is 0 Å². The van der Waals surface area contributed by atoms with Crippen LogP contribution in [0.5, 0.6) is 0 Å². The van der Waals surface area contributed by atoms with Crippen molar-refractivity contribution in [1.82, 2.24) is 19.8 Å². The van der Waals surface area contributed by atoms with Crippen LogP contribution in [-0.4, -0.2) is 33.6 Å². The molecule has 3 fully saturated rings. The van der Waals surface area contributed by atoms with Gasteiger partial charge in [0.15, 0.2) is 0 Å². The first-order valence-electron chi connectivity index (χ1n) is 14.8. The van der Waals surface area contributed by atoms with Crippen LogP contribution < -0.4 is 16.3 Å². The minimum Gasteiger partial charge on any atom is -0.445 e. The number of alkyl carbamates (subject to hydrolysis) is 1. The van der Waals surface area contributed by atoms with Crippen molar-refractivity contribution in [2.24, 2.45) is 24.3 Å².